The first kappa shape index (κ1) is 14.4. The number of aryl methyl sites for hydroxylation is 1. The van der Waals surface area contributed by atoms with Gasteiger partial charge in [-0.3, -0.25) is 0 Å². The highest BCUT2D eigenvalue weighted by Crippen LogP contribution is 2.13. The van der Waals surface area contributed by atoms with Crippen LogP contribution >= 0.6 is 15.9 Å². The van der Waals surface area contributed by atoms with Crippen molar-refractivity contribution in [2.45, 2.75) is 32.6 Å². The average Bonchev–Trinajstić information content (AvgIpc) is 2.28. The fraction of sp³-hybridized carbons (Fsp3) is 0.667. The topological polar surface area (TPSA) is 47.0 Å². The van der Waals surface area contributed by atoms with Crippen molar-refractivity contribution in [3.05, 3.63) is 16.5 Å². The summed E-state index contributed by atoms with van der Waals surface area (Å²) in [6.07, 6.45) is 4.12. The van der Waals surface area contributed by atoms with Crippen LogP contribution in [0.2, 0.25) is 0 Å². The van der Waals surface area contributed by atoms with Crippen LogP contribution in [0.3, 0.4) is 0 Å². The predicted octanol–water partition coefficient (Wildman–Crippen LogP) is 3.03. The molecule has 1 aromatic heterocycles. The Morgan fingerprint density at radius 1 is 1.35 bits per heavy atom. The first-order valence-corrected chi connectivity index (χ1v) is 6.81. The smallest absolute Gasteiger partial charge is 0.132 e. The third-order valence-electron chi connectivity index (χ3n) is 2.30. The molecule has 1 N–H and O–H groups in total. The van der Waals surface area contributed by atoms with Gasteiger partial charge in [0.1, 0.15) is 16.2 Å². The van der Waals surface area contributed by atoms with E-state index in [0.717, 1.165) is 55.1 Å². The number of anilines is 1. The van der Waals surface area contributed by atoms with Crippen LogP contribution in [-0.4, -0.2) is 30.2 Å². The molecule has 0 amide bonds. The number of halogens is 1. The highest BCUT2D eigenvalue weighted by molar-refractivity contribution is 9.10. The van der Waals surface area contributed by atoms with Gasteiger partial charge in [0.05, 0.1) is 0 Å². The Labute approximate surface area is 111 Å². The van der Waals surface area contributed by atoms with Gasteiger partial charge in [-0.2, -0.15) is 0 Å². The number of nitrogens with zero attached hydrogens (tertiary/aromatic N) is 2. The molecular formula is C12H20BrN3O. The molecule has 96 valence electrons. The second kappa shape index (κ2) is 8.42. The molecule has 0 radical (unpaired) electrons. The van der Waals surface area contributed by atoms with E-state index in [1.54, 1.807) is 7.11 Å². The summed E-state index contributed by atoms with van der Waals surface area (Å²) in [5.74, 6) is 1.79. The molecule has 0 saturated heterocycles. The lowest BCUT2D eigenvalue weighted by atomic mass is 10.3. The van der Waals surface area contributed by atoms with Crippen LogP contribution in [0.25, 0.3) is 0 Å². The Morgan fingerprint density at radius 2 is 2.18 bits per heavy atom. The van der Waals surface area contributed by atoms with E-state index in [2.05, 4.69) is 38.1 Å². The Balaban J connectivity index is 2.41. The fourth-order valence-corrected chi connectivity index (χ4v) is 1.90. The molecule has 0 spiro atoms. The molecule has 1 aromatic rings. The van der Waals surface area contributed by atoms with E-state index in [-0.39, 0.29) is 0 Å². The van der Waals surface area contributed by atoms with E-state index in [1.165, 1.54) is 0 Å². The number of unbranched alkanes of at least 4 members (excludes halogenated alkanes) is 1. The second-order valence-electron chi connectivity index (χ2n) is 3.87. The zero-order chi connectivity index (χ0) is 12.5. The molecule has 0 aliphatic heterocycles. The van der Waals surface area contributed by atoms with Gasteiger partial charge in [0, 0.05) is 32.7 Å². The number of methoxy groups -OCH3 is 1. The molecule has 0 aliphatic carbocycles. The summed E-state index contributed by atoms with van der Waals surface area (Å²) in [6, 6.07) is 1.91. The lowest BCUT2D eigenvalue weighted by molar-refractivity contribution is 0.194. The summed E-state index contributed by atoms with van der Waals surface area (Å²) >= 11 is 3.41. The highest BCUT2D eigenvalue weighted by atomic mass is 79.9. The van der Waals surface area contributed by atoms with E-state index < -0.39 is 0 Å². The van der Waals surface area contributed by atoms with Gasteiger partial charge in [0.15, 0.2) is 0 Å². The summed E-state index contributed by atoms with van der Waals surface area (Å²) in [5.41, 5.74) is 0. The van der Waals surface area contributed by atoms with Crippen LogP contribution < -0.4 is 5.32 Å². The first-order chi connectivity index (χ1) is 8.26. The Morgan fingerprint density at radius 3 is 2.88 bits per heavy atom. The van der Waals surface area contributed by atoms with E-state index in [4.69, 9.17) is 4.74 Å². The van der Waals surface area contributed by atoms with Gasteiger partial charge in [-0.25, -0.2) is 9.97 Å². The van der Waals surface area contributed by atoms with E-state index in [0.29, 0.717) is 0 Å². The van der Waals surface area contributed by atoms with Crippen molar-refractivity contribution in [1.82, 2.24) is 9.97 Å². The molecular weight excluding hydrogens is 282 g/mol. The number of rotatable bonds is 8. The van der Waals surface area contributed by atoms with Gasteiger partial charge in [0.25, 0.3) is 0 Å². The van der Waals surface area contributed by atoms with Crippen molar-refractivity contribution in [3.8, 4) is 0 Å². The minimum absolute atomic E-state index is 0.816. The lowest BCUT2D eigenvalue weighted by Gasteiger charge is -2.07. The van der Waals surface area contributed by atoms with Gasteiger partial charge in [0.2, 0.25) is 0 Å². The minimum Gasteiger partial charge on any atom is -0.385 e. The summed E-state index contributed by atoms with van der Waals surface area (Å²) in [6.45, 7) is 3.86. The molecule has 17 heavy (non-hydrogen) atoms. The summed E-state index contributed by atoms with van der Waals surface area (Å²) < 4.78 is 5.85. The fourth-order valence-electron chi connectivity index (χ4n) is 1.48. The number of ether oxygens (including phenoxy) is 1. The second-order valence-corrected chi connectivity index (χ2v) is 4.68. The van der Waals surface area contributed by atoms with Gasteiger partial charge in [-0.05, 0) is 35.2 Å². The van der Waals surface area contributed by atoms with Crippen LogP contribution in [-0.2, 0) is 11.2 Å². The van der Waals surface area contributed by atoms with E-state index in [1.807, 2.05) is 6.07 Å². The summed E-state index contributed by atoms with van der Waals surface area (Å²) in [4.78, 5) is 8.78. The van der Waals surface area contributed by atoms with Crippen LogP contribution in [0, 0.1) is 0 Å². The predicted molar refractivity (Wildman–Crippen MR) is 73.3 cm³/mol. The molecule has 0 aliphatic rings. The van der Waals surface area contributed by atoms with Crippen LogP contribution in [0.1, 0.15) is 32.0 Å². The van der Waals surface area contributed by atoms with Gasteiger partial charge >= 0.3 is 0 Å². The summed E-state index contributed by atoms with van der Waals surface area (Å²) in [5, 5.41) is 3.31. The molecule has 0 saturated carbocycles. The van der Waals surface area contributed by atoms with Crippen LogP contribution in [0.4, 0.5) is 5.82 Å². The number of hydrogen-bond donors (Lipinski definition) is 1. The average molecular weight is 302 g/mol. The van der Waals surface area contributed by atoms with E-state index in [9.17, 15) is 0 Å². The van der Waals surface area contributed by atoms with Crippen molar-refractivity contribution >= 4 is 21.7 Å². The third kappa shape index (κ3) is 5.98. The van der Waals surface area contributed by atoms with Crippen molar-refractivity contribution in [2.75, 3.05) is 25.6 Å². The SMILES string of the molecule is CCCc1nc(Br)cc(NCCCCOC)n1. The maximum atomic E-state index is 5.00. The molecule has 0 atom stereocenters. The molecule has 5 heteroatoms. The Bertz CT molecular complexity index is 334. The third-order valence-corrected chi connectivity index (χ3v) is 2.70. The molecule has 0 bridgehead atoms. The molecule has 0 unspecified atom stereocenters. The van der Waals surface area contributed by atoms with Crippen LogP contribution in [0.15, 0.2) is 10.7 Å². The Kier molecular flexibility index (Phi) is 7.12. The highest BCUT2D eigenvalue weighted by Gasteiger charge is 2.01. The molecule has 1 rings (SSSR count). The molecule has 4 nitrogen and oxygen atoms in total. The summed E-state index contributed by atoms with van der Waals surface area (Å²) in [7, 11) is 1.73. The molecule has 0 aromatic carbocycles. The number of nitrogens with one attached hydrogen (secondary N) is 1. The molecule has 0 fully saturated rings. The zero-order valence-corrected chi connectivity index (χ0v) is 12.1. The number of aromatic nitrogens is 2. The van der Waals surface area contributed by atoms with Gasteiger partial charge in [-0.15, -0.1) is 0 Å². The van der Waals surface area contributed by atoms with Gasteiger partial charge in [-0.1, -0.05) is 6.92 Å². The largest absolute Gasteiger partial charge is 0.385 e. The van der Waals surface area contributed by atoms with Crippen molar-refractivity contribution in [3.63, 3.8) is 0 Å². The first-order valence-electron chi connectivity index (χ1n) is 6.02. The molecule has 1 heterocycles. The van der Waals surface area contributed by atoms with Crippen molar-refractivity contribution < 1.29 is 4.74 Å². The van der Waals surface area contributed by atoms with Crippen molar-refractivity contribution in [2.24, 2.45) is 0 Å². The zero-order valence-electron chi connectivity index (χ0n) is 10.5. The van der Waals surface area contributed by atoms with Crippen molar-refractivity contribution in [1.29, 1.82) is 0 Å². The number of hydrogen-bond acceptors (Lipinski definition) is 4. The Hall–Kier alpha value is -0.680. The maximum absolute atomic E-state index is 5.00. The van der Waals surface area contributed by atoms with Crippen LogP contribution in [0.5, 0.6) is 0 Å². The lowest BCUT2D eigenvalue weighted by Crippen LogP contribution is -2.07. The normalized spacial score (nSPS) is 10.5. The van der Waals surface area contributed by atoms with E-state index >= 15 is 0 Å². The monoisotopic (exact) mass is 301 g/mol. The quantitative estimate of drug-likeness (QED) is 0.592. The maximum Gasteiger partial charge on any atom is 0.132 e. The minimum atomic E-state index is 0.816. The standard InChI is InChI=1S/C12H20BrN3O/c1-3-6-11-15-10(13)9-12(16-11)14-7-4-5-8-17-2/h9H,3-8H2,1-2H3,(H,14,15,16). The van der Waals surface area contributed by atoms with Gasteiger partial charge < -0.3 is 10.1 Å².